The molecule has 27 heavy (non-hydrogen) atoms. The van der Waals surface area contributed by atoms with Crippen LogP contribution >= 0.6 is 34.5 Å². The molecule has 1 unspecified atom stereocenters. The van der Waals surface area contributed by atoms with Crippen LogP contribution in [0.2, 0.25) is 9.62 Å². The number of hydrogen-bond acceptors (Lipinski definition) is 6. The van der Waals surface area contributed by atoms with Gasteiger partial charge in [-0.25, -0.2) is 4.98 Å². The first-order chi connectivity index (χ1) is 13.2. The molecule has 5 nitrogen and oxygen atoms in total. The first-order valence-electron chi connectivity index (χ1n) is 8.32. The minimum Gasteiger partial charge on any atom is -0.454 e. The van der Waals surface area contributed by atoms with E-state index in [9.17, 15) is 0 Å². The number of halogens is 2. The third-order valence-electron chi connectivity index (χ3n) is 4.52. The molecule has 0 fully saturated rings. The Morgan fingerprint density at radius 2 is 1.85 bits per heavy atom. The molecule has 0 saturated carbocycles. The summed E-state index contributed by atoms with van der Waals surface area (Å²) >= 11 is 13.8. The van der Waals surface area contributed by atoms with Crippen LogP contribution in [0.15, 0.2) is 53.6 Å². The van der Waals surface area contributed by atoms with Crippen LogP contribution in [0.5, 0.6) is 11.5 Å². The molecular weight excluding hydrogens is 405 g/mol. The highest BCUT2D eigenvalue weighted by Crippen LogP contribution is 2.43. The Morgan fingerprint density at radius 3 is 2.63 bits per heavy atom. The number of ether oxygens (including phenoxy) is 2. The smallest absolute Gasteiger partial charge is 0.231 e. The number of anilines is 1. The van der Waals surface area contributed by atoms with E-state index in [4.69, 9.17) is 37.8 Å². The van der Waals surface area contributed by atoms with Gasteiger partial charge in [0.15, 0.2) is 16.0 Å². The number of benzene rings is 2. The Hall–Kier alpha value is -2.28. The van der Waals surface area contributed by atoms with Crippen LogP contribution < -0.4 is 14.5 Å². The van der Waals surface area contributed by atoms with Gasteiger partial charge < -0.3 is 9.47 Å². The van der Waals surface area contributed by atoms with E-state index < -0.39 is 0 Å². The maximum absolute atomic E-state index is 6.35. The molecule has 2 aromatic carbocycles. The van der Waals surface area contributed by atoms with Crippen LogP contribution in [0.4, 0.5) is 5.69 Å². The van der Waals surface area contributed by atoms with E-state index in [-0.39, 0.29) is 12.8 Å². The van der Waals surface area contributed by atoms with E-state index in [1.807, 2.05) is 53.5 Å². The van der Waals surface area contributed by atoms with Crippen molar-refractivity contribution in [2.45, 2.75) is 12.5 Å². The normalized spacial score (nSPS) is 18.1. The summed E-state index contributed by atoms with van der Waals surface area (Å²) in [7, 11) is 0. The van der Waals surface area contributed by atoms with Crippen molar-refractivity contribution in [2.75, 3.05) is 11.8 Å². The van der Waals surface area contributed by atoms with Crippen LogP contribution in [0.1, 0.15) is 22.9 Å². The van der Waals surface area contributed by atoms with Gasteiger partial charge in [0.2, 0.25) is 6.79 Å². The predicted octanol–water partition coefficient (Wildman–Crippen LogP) is 5.53. The SMILES string of the molecule is Clc1nc(Cl)c(C2CC(c3ccc4c(c3)OCO4)=NN2c2ccccc2)s1. The lowest BCUT2D eigenvalue weighted by Gasteiger charge is -2.22. The average molecular weight is 418 g/mol. The molecule has 3 heterocycles. The van der Waals surface area contributed by atoms with Crippen molar-refractivity contribution >= 4 is 45.9 Å². The molecule has 136 valence electrons. The Morgan fingerprint density at radius 1 is 1.04 bits per heavy atom. The second-order valence-corrected chi connectivity index (χ2v) is 8.11. The fourth-order valence-electron chi connectivity index (χ4n) is 3.28. The van der Waals surface area contributed by atoms with Crippen molar-refractivity contribution in [1.82, 2.24) is 4.98 Å². The fraction of sp³-hybridized carbons (Fsp3) is 0.158. The number of rotatable bonds is 3. The molecule has 0 spiro atoms. The quantitative estimate of drug-likeness (QED) is 0.561. The minimum atomic E-state index is -0.0645. The number of fused-ring (bicyclic) bond motifs is 1. The van der Waals surface area contributed by atoms with Crippen LogP contribution in [0.3, 0.4) is 0 Å². The van der Waals surface area contributed by atoms with Gasteiger partial charge in [-0.05, 0) is 30.3 Å². The van der Waals surface area contributed by atoms with Crippen molar-refractivity contribution in [3.63, 3.8) is 0 Å². The molecule has 0 aliphatic carbocycles. The summed E-state index contributed by atoms with van der Waals surface area (Å²) in [6.45, 7) is 0.249. The molecule has 1 atom stereocenters. The Bertz CT molecular complexity index is 1040. The van der Waals surface area contributed by atoms with Crippen LogP contribution in [-0.4, -0.2) is 17.5 Å². The molecular formula is C19H13Cl2N3O2S. The summed E-state index contributed by atoms with van der Waals surface area (Å²) in [4.78, 5) is 5.07. The highest BCUT2D eigenvalue weighted by atomic mass is 35.5. The zero-order chi connectivity index (χ0) is 18.4. The summed E-state index contributed by atoms with van der Waals surface area (Å²) in [6, 6.07) is 15.8. The van der Waals surface area contributed by atoms with Gasteiger partial charge in [0.05, 0.1) is 22.3 Å². The van der Waals surface area contributed by atoms with Gasteiger partial charge in [0.1, 0.15) is 5.15 Å². The number of hydrogen-bond donors (Lipinski definition) is 0. The van der Waals surface area contributed by atoms with Gasteiger partial charge in [-0.2, -0.15) is 5.10 Å². The molecule has 0 amide bonds. The van der Waals surface area contributed by atoms with E-state index >= 15 is 0 Å². The van der Waals surface area contributed by atoms with Crippen molar-refractivity contribution in [3.05, 3.63) is 68.6 Å². The summed E-state index contributed by atoms with van der Waals surface area (Å²) < 4.78 is 11.3. The van der Waals surface area contributed by atoms with E-state index in [0.29, 0.717) is 16.0 Å². The van der Waals surface area contributed by atoms with Gasteiger partial charge >= 0.3 is 0 Å². The summed E-state index contributed by atoms with van der Waals surface area (Å²) in [6.07, 6.45) is 0.687. The third kappa shape index (κ3) is 3.04. The second kappa shape index (κ2) is 6.71. The van der Waals surface area contributed by atoms with E-state index in [0.717, 1.165) is 33.3 Å². The third-order valence-corrected chi connectivity index (χ3v) is 6.18. The minimum absolute atomic E-state index is 0.0645. The van der Waals surface area contributed by atoms with Crippen molar-refractivity contribution in [2.24, 2.45) is 5.10 Å². The molecule has 0 saturated heterocycles. The Labute approximate surface area is 169 Å². The Balaban J connectivity index is 1.56. The fourth-order valence-corrected chi connectivity index (χ4v) is 4.80. The molecule has 1 aromatic heterocycles. The summed E-state index contributed by atoms with van der Waals surface area (Å²) in [5, 5.41) is 7.30. The largest absolute Gasteiger partial charge is 0.454 e. The maximum atomic E-state index is 6.35. The van der Waals surface area contributed by atoms with E-state index in [1.165, 1.54) is 11.3 Å². The highest BCUT2D eigenvalue weighted by molar-refractivity contribution is 7.16. The molecule has 5 rings (SSSR count). The molecule has 2 aliphatic rings. The van der Waals surface area contributed by atoms with Crippen molar-refractivity contribution in [1.29, 1.82) is 0 Å². The van der Waals surface area contributed by atoms with Crippen LogP contribution in [-0.2, 0) is 0 Å². The van der Waals surface area contributed by atoms with E-state index in [2.05, 4.69) is 4.98 Å². The summed E-state index contributed by atoms with van der Waals surface area (Å²) in [5.74, 6) is 1.50. The standard InChI is InChI=1S/C19H13Cl2N3O2S/c20-18-17(27-19(21)22-18)14-9-13(23-24(14)12-4-2-1-3-5-12)11-6-7-15-16(8-11)26-10-25-15/h1-8,14H,9-10H2. The monoisotopic (exact) mass is 417 g/mol. The molecule has 8 heteroatoms. The highest BCUT2D eigenvalue weighted by Gasteiger charge is 2.33. The summed E-state index contributed by atoms with van der Waals surface area (Å²) in [5.41, 5.74) is 2.93. The number of hydrazone groups is 1. The number of para-hydroxylation sites is 1. The van der Waals surface area contributed by atoms with Gasteiger partial charge in [-0.1, -0.05) is 41.4 Å². The van der Waals surface area contributed by atoms with Crippen molar-refractivity contribution in [3.8, 4) is 11.5 Å². The lowest BCUT2D eigenvalue weighted by Crippen LogP contribution is -2.17. The lowest BCUT2D eigenvalue weighted by atomic mass is 10.0. The van der Waals surface area contributed by atoms with Crippen LogP contribution in [0, 0.1) is 0 Å². The first kappa shape index (κ1) is 16.9. The number of thiazole rings is 1. The number of aromatic nitrogens is 1. The molecule has 0 radical (unpaired) electrons. The number of nitrogens with zero attached hydrogens (tertiary/aromatic N) is 3. The zero-order valence-electron chi connectivity index (χ0n) is 13.9. The molecule has 0 bridgehead atoms. The second-order valence-electron chi connectivity index (χ2n) is 6.14. The van der Waals surface area contributed by atoms with Gasteiger partial charge in [0.25, 0.3) is 0 Å². The van der Waals surface area contributed by atoms with E-state index in [1.54, 1.807) is 0 Å². The first-order valence-corrected chi connectivity index (χ1v) is 9.90. The van der Waals surface area contributed by atoms with Crippen molar-refractivity contribution < 1.29 is 9.47 Å². The van der Waals surface area contributed by atoms with Crippen LogP contribution in [0.25, 0.3) is 0 Å². The average Bonchev–Trinajstić information content (AvgIpc) is 3.39. The Kier molecular flexibility index (Phi) is 4.19. The molecule has 2 aliphatic heterocycles. The maximum Gasteiger partial charge on any atom is 0.231 e. The zero-order valence-corrected chi connectivity index (χ0v) is 16.3. The molecule has 3 aromatic rings. The van der Waals surface area contributed by atoms with Gasteiger partial charge in [-0.15, -0.1) is 11.3 Å². The lowest BCUT2D eigenvalue weighted by molar-refractivity contribution is 0.174. The van der Waals surface area contributed by atoms with Gasteiger partial charge in [0, 0.05) is 12.0 Å². The molecule has 0 N–H and O–H groups in total. The topological polar surface area (TPSA) is 47.0 Å². The predicted molar refractivity (Wildman–Crippen MR) is 108 cm³/mol. The van der Waals surface area contributed by atoms with Gasteiger partial charge in [-0.3, -0.25) is 5.01 Å².